The number of allylic oxidation sites excluding steroid dienone is 2. The lowest BCUT2D eigenvalue weighted by Crippen LogP contribution is -2.12. The highest BCUT2D eigenvalue weighted by Crippen LogP contribution is 1.96. The molecule has 0 unspecified atom stereocenters. The molecule has 0 aromatic heterocycles. The highest BCUT2D eigenvalue weighted by molar-refractivity contribution is 5.92. The van der Waals surface area contributed by atoms with Crippen LogP contribution in [0.5, 0.6) is 0 Å². The minimum atomic E-state index is -0.741. The fourth-order valence-corrected chi connectivity index (χ4v) is 0.445. The molecule has 0 spiro atoms. The smallest absolute Gasteiger partial charge is 0.267 e. The molecule has 0 atom stereocenters. The van der Waals surface area contributed by atoms with Crippen LogP contribution in [0.15, 0.2) is 29.4 Å². The number of primary amides is 1. The Morgan fingerprint density at radius 1 is 1.73 bits per heavy atom. The van der Waals surface area contributed by atoms with E-state index in [-0.39, 0.29) is 5.70 Å². The van der Waals surface area contributed by atoms with Gasteiger partial charge in [0.25, 0.3) is 5.91 Å². The fourth-order valence-electron chi connectivity index (χ4n) is 0.445. The van der Waals surface area contributed by atoms with Gasteiger partial charge in [0, 0.05) is 0 Å². The maximum Gasteiger partial charge on any atom is 0.267 e. The lowest BCUT2D eigenvalue weighted by molar-refractivity contribution is -0.114. The molecule has 0 saturated heterocycles. The maximum absolute atomic E-state index is 10.4. The third-order valence-corrected chi connectivity index (χ3v) is 0.896. The second-order valence-corrected chi connectivity index (χ2v) is 1.68. The Kier molecular flexibility index (Phi) is 4.36. The number of amides is 1. The van der Waals surface area contributed by atoms with Crippen LogP contribution in [-0.2, 0) is 9.59 Å². The van der Waals surface area contributed by atoms with E-state index < -0.39 is 5.91 Å². The van der Waals surface area contributed by atoms with Crippen LogP contribution in [0.4, 0.5) is 0 Å². The number of aliphatic imine (C=N–C) groups is 1. The minimum absolute atomic E-state index is 0.0834. The van der Waals surface area contributed by atoms with Crippen molar-refractivity contribution in [2.24, 2.45) is 10.7 Å². The summed E-state index contributed by atoms with van der Waals surface area (Å²) in [6.45, 7) is 3.42. The Labute approximate surface area is 64.1 Å². The molecule has 0 fully saturated rings. The Morgan fingerprint density at radius 3 is 2.73 bits per heavy atom. The van der Waals surface area contributed by atoms with E-state index in [4.69, 9.17) is 5.73 Å². The minimum Gasteiger partial charge on any atom is -0.364 e. The molecule has 0 aromatic rings. The normalized spacial score (nSPS) is 10.0. The van der Waals surface area contributed by atoms with E-state index in [1.165, 1.54) is 12.2 Å². The van der Waals surface area contributed by atoms with Gasteiger partial charge in [-0.2, -0.15) is 4.99 Å². The molecular weight excluding hydrogens is 144 g/mol. The molecule has 0 aliphatic rings. The molecule has 0 radical (unpaired) electrons. The van der Waals surface area contributed by atoms with Crippen LogP contribution in [0.3, 0.4) is 0 Å². The van der Waals surface area contributed by atoms with Crippen molar-refractivity contribution in [2.75, 3.05) is 0 Å². The van der Waals surface area contributed by atoms with Crippen molar-refractivity contribution >= 4 is 12.0 Å². The topological polar surface area (TPSA) is 72.5 Å². The summed E-state index contributed by atoms with van der Waals surface area (Å²) in [6, 6.07) is 0. The lowest BCUT2D eigenvalue weighted by Gasteiger charge is -1.89. The number of isocyanates is 1. The van der Waals surface area contributed by atoms with Crippen molar-refractivity contribution in [2.45, 2.75) is 6.42 Å². The van der Waals surface area contributed by atoms with Crippen molar-refractivity contribution in [1.29, 1.82) is 0 Å². The van der Waals surface area contributed by atoms with E-state index in [0.717, 1.165) is 0 Å². The number of carbonyl (C=O) groups excluding carboxylic acids is 2. The Hall–Kier alpha value is -1.67. The van der Waals surface area contributed by atoms with Crippen LogP contribution >= 0.6 is 0 Å². The molecule has 0 aromatic carbocycles. The van der Waals surface area contributed by atoms with Gasteiger partial charge in [0.05, 0.1) is 0 Å². The van der Waals surface area contributed by atoms with Crippen molar-refractivity contribution < 1.29 is 9.59 Å². The first-order valence-electron chi connectivity index (χ1n) is 2.91. The lowest BCUT2D eigenvalue weighted by atomic mass is 10.3. The summed E-state index contributed by atoms with van der Waals surface area (Å²) in [5, 5.41) is 0. The first-order chi connectivity index (χ1) is 5.22. The van der Waals surface area contributed by atoms with E-state index in [0.29, 0.717) is 6.42 Å². The zero-order chi connectivity index (χ0) is 8.69. The average Bonchev–Trinajstić information content (AvgIpc) is 1.97. The number of nitrogens with two attached hydrogens (primary N) is 1. The molecule has 11 heavy (non-hydrogen) atoms. The standard InChI is InChI=1S/C7H8N2O2/c1-2-3-4-6(7(8)11)9-5-10/h2,4H,1,3H2,(H2,8,11)/b6-4+. The van der Waals surface area contributed by atoms with E-state index in [1.54, 1.807) is 6.08 Å². The molecule has 58 valence electrons. The number of nitrogens with zero attached hydrogens (tertiary/aromatic N) is 1. The maximum atomic E-state index is 10.4. The zero-order valence-corrected chi connectivity index (χ0v) is 5.91. The Balaban J connectivity index is 4.44. The van der Waals surface area contributed by atoms with Crippen LogP contribution in [0.25, 0.3) is 0 Å². The molecule has 0 bridgehead atoms. The Bertz CT molecular complexity index is 233. The number of hydrogen-bond donors (Lipinski definition) is 1. The summed E-state index contributed by atoms with van der Waals surface area (Å²) in [7, 11) is 0. The van der Waals surface area contributed by atoms with Crippen molar-refractivity contribution in [1.82, 2.24) is 0 Å². The van der Waals surface area contributed by atoms with E-state index in [2.05, 4.69) is 11.6 Å². The largest absolute Gasteiger partial charge is 0.364 e. The summed E-state index contributed by atoms with van der Waals surface area (Å²) in [5.74, 6) is -0.741. The second-order valence-electron chi connectivity index (χ2n) is 1.68. The zero-order valence-electron chi connectivity index (χ0n) is 5.91. The van der Waals surface area contributed by atoms with E-state index >= 15 is 0 Å². The second kappa shape index (κ2) is 5.14. The molecule has 0 rings (SSSR count). The van der Waals surface area contributed by atoms with Crippen LogP contribution in [0, 0.1) is 0 Å². The summed E-state index contributed by atoms with van der Waals surface area (Å²) >= 11 is 0. The van der Waals surface area contributed by atoms with Gasteiger partial charge in [-0.25, -0.2) is 4.79 Å². The van der Waals surface area contributed by atoms with Gasteiger partial charge in [0.15, 0.2) is 0 Å². The average molecular weight is 152 g/mol. The van der Waals surface area contributed by atoms with Gasteiger partial charge >= 0.3 is 0 Å². The van der Waals surface area contributed by atoms with Gasteiger partial charge < -0.3 is 5.73 Å². The SMILES string of the molecule is C=CC/C=C(/N=C=O)C(N)=O. The van der Waals surface area contributed by atoms with Crippen LogP contribution < -0.4 is 5.73 Å². The van der Waals surface area contributed by atoms with E-state index in [1.807, 2.05) is 0 Å². The van der Waals surface area contributed by atoms with Crippen molar-refractivity contribution in [3.63, 3.8) is 0 Å². The number of hydrogen-bond acceptors (Lipinski definition) is 3. The molecule has 0 aliphatic heterocycles. The molecule has 0 aliphatic carbocycles. The summed E-state index contributed by atoms with van der Waals surface area (Å²) in [5.41, 5.74) is 4.77. The molecule has 0 saturated carbocycles. The first kappa shape index (κ1) is 9.33. The summed E-state index contributed by atoms with van der Waals surface area (Å²) in [4.78, 5) is 23.3. The van der Waals surface area contributed by atoms with Gasteiger partial charge in [-0.1, -0.05) is 6.08 Å². The highest BCUT2D eigenvalue weighted by atomic mass is 16.1. The third kappa shape index (κ3) is 3.83. The predicted molar refractivity (Wildman–Crippen MR) is 40.2 cm³/mol. The highest BCUT2D eigenvalue weighted by Gasteiger charge is 1.99. The van der Waals surface area contributed by atoms with Gasteiger partial charge in [-0.3, -0.25) is 4.79 Å². The number of rotatable bonds is 4. The molecular formula is C7H8N2O2. The van der Waals surface area contributed by atoms with Gasteiger partial charge in [0.2, 0.25) is 6.08 Å². The van der Waals surface area contributed by atoms with Crippen LogP contribution in [0.1, 0.15) is 6.42 Å². The van der Waals surface area contributed by atoms with E-state index in [9.17, 15) is 9.59 Å². The quantitative estimate of drug-likeness (QED) is 0.272. The first-order valence-corrected chi connectivity index (χ1v) is 2.91. The van der Waals surface area contributed by atoms with Crippen molar-refractivity contribution in [3.05, 3.63) is 24.4 Å². The fraction of sp³-hybridized carbons (Fsp3) is 0.143. The molecule has 4 nitrogen and oxygen atoms in total. The predicted octanol–water partition coefficient (Wildman–Crippen LogP) is 0.267. The van der Waals surface area contributed by atoms with Gasteiger partial charge in [-0.15, -0.1) is 6.58 Å². The van der Waals surface area contributed by atoms with Crippen LogP contribution in [-0.4, -0.2) is 12.0 Å². The Morgan fingerprint density at radius 2 is 2.36 bits per heavy atom. The molecule has 0 heterocycles. The van der Waals surface area contributed by atoms with Gasteiger partial charge in [-0.05, 0) is 12.5 Å². The molecule has 2 N–H and O–H groups in total. The van der Waals surface area contributed by atoms with Crippen LogP contribution in [0.2, 0.25) is 0 Å². The molecule has 1 amide bonds. The van der Waals surface area contributed by atoms with Gasteiger partial charge in [0.1, 0.15) is 5.70 Å². The molecule has 4 heteroatoms. The monoisotopic (exact) mass is 152 g/mol. The number of carbonyl (C=O) groups is 1. The third-order valence-electron chi connectivity index (χ3n) is 0.896. The summed E-state index contributed by atoms with van der Waals surface area (Å²) in [6.07, 6.45) is 4.64. The summed E-state index contributed by atoms with van der Waals surface area (Å²) < 4.78 is 0. The van der Waals surface area contributed by atoms with Crippen molar-refractivity contribution in [3.8, 4) is 0 Å².